The third kappa shape index (κ3) is 3.74. The van der Waals surface area contributed by atoms with E-state index < -0.39 is 11.2 Å². The minimum atomic E-state index is -0.454. The average Bonchev–Trinajstić information content (AvgIpc) is 2.90. The van der Waals surface area contributed by atoms with Gasteiger partial charge in [-0.15, -0.1) is 0 Å². The summed E-state index contributed by atoms with van der Waals surface area (Å²) in [7, 11) is 1.62. The molecule has 1 N–H and O–H groups in total. The monoisotopic (exact) mass is 422 g/mol. The Labute approximate surface area is 157 Å². The molecule has 132 valence electrons. The normalized spacial score (nSPS) is 11.6. The molecule has 0 aliphatic rings. The molecule has 0 fully saturated rings. The van der Waals surface area contributed by atoms with Crippen molar-refractivity contribution in [2.45, 2.75) is 25.5 Å². The minimum Gasteiger partial charge on any atom is -0.309 e. The fraction of sp³-hybridized carbons (Fsp3) is 0.353. The Balaban J connectivity index is 2.18. The molecule has 2 heterocycles. The third-order valence-electron chi connectivity index (χ3n) is 3.75. The molecule has 6 nitrogen and oxygen atoms in total. The Hall–Kier alpha value is -1.80. The van der Waals surface area contributed by atoms with Gasteiger partial charge in [-0.25, -0.2) is 9.78 Å². The van der Waals surface area contributed by atoms with Crippen LogP contribution in [-0.2, 0) is 13.6 Å². The fourth-order valence-corrected chi connectivity index (χ4v) is 3.92. The summed E-state index contributed by atoms with van der Waals surface area (Å²) in [4.78, 5) is 31.3. The molecule has 0 saturated carbocycles. The lowest BCUT2D eigenvalue weighted by Gasteiger charge is -2.10. The first-order valence-corrected chi connectivity index (χ1v) is 9.71. The largest absolute Gasteiger partial charge is 0.329 e. The standard InChI is InChI=1S/C17H19BrN4O2S/c1-10(2)9-25-17-19-14-13(15(23)20-16(24)21(14)3)22(17)8-11-5-4-6-12(18)7-11/h4-7,10H,8-9H2,1-3H3,(H,20,23,24). The summed E-state index contributed by atoms with van der Waals surface area (Å²) in [5, 5.41) is 0.746. The second kappa shape index (κ2) is 7.21. The second-order valence-electron chi connectivity index (χ2n) is 6.31. The molecule has 0 amide bonds. The highest BCUT2D eigenvalue weighted by Crippen LogP contribution is 2.25. The summed E-state index contributed by atoms with van der Waals surface area (Å²) in [6, 6.07) is 7.93. The summed E-state index contributed by atoms with van der Waals surface area (Å²) in [5.74, 6) is 1.37. The molecule has 3 aromatic rings. The number of aromatic amines is 1. The summed E-state index contributed by atoms with van der Waals surface area (Å²) >= 11 is 5.08. The molecule has 25 heavy (non-hydrogen) atoms. The lowest BCUT2D eigenvalue weighted by atomic mass is 10.2. The van der Waals surface area contributed by atoms with Crippen LogP contribution in [0.2, 0.25) is 0 Å². The van der Waals surface area contributed by atoms with Gasteiger partial charge in [0.25, 0.3) is 5.56 Å². The number of aromatic nitrogens is 4. The average molecular weight is 423 g/mol. The summed E-state index contributed by atoms with van der Waals surface area (Å²) in [6.45, 7) is 4.78. The van der Waals surface area contributed by atoms with Gasteiger partial charge >= 0.3 is 5.69 Å². The van der Waals surface area contributed by atoms with Crippen molar-refractivity contribution in [2.24, 2.45) is 13.0 Å². The van der Waals surface area contributed by atoms with E-state index in [2.05, 4.69) is 39.7 Å². The number of fused-ring (bicyclic) bond motifs is 1. The number of thioether (sulfide) groups is 1. The highest BCUT2D eigenvalue weighted by molar-refractivity contribution is 9.10. The Morgan fingerprint density at radius 1 is 1.32 bits per heavy atom. The van der Waals surface area contributed by atoms with Crippen LogP contribution in [0.25, 0.3) is 11.2 Å². The Morgan fingerprint density at radius 2 is 2.08 bits per heavy atom. The van der Waals surface area contributed by atoms with Gasteiger partial charge in [-0.2, -0.15) is 0 Å². The zero-order valence-corrected chi connectivity index (χ0v) is 16.6. The van der Waals surface area contributed by atoms with Crippen LogP contribution in [0.1, 0.15) is 19.4 Å². The molecule has 8 heteroatoms. The molecular weight excluding hydrogens is 404 g/mol. The van der Waals surface area contributed by atoms with Gasteiger partial charge in [-0.1, -0.05) is 53.7 Å². The predicted molar refractivity (Wildman–Crippen MR) is 104 cm³/mol. The first kappa shape index (κ1) is 18.0. The molecule has 2 aromatic heterocycles. The van der Waals surface area contributed by atoms with E-state index in [0.29, 0.717) is 23.6 Å². The van der Waals surface area contributed by atoms with E-state index in [1.807, 2.05) is 28.8 Å². The van der Waals surface area contributed by atoms with Crippen molar-refractivity contribution >= 4 is 38.9 Å². The van der Waals surface area contributed by atoms with Gasteiger partial charge in [-0.3, -0.25) is 14.3 Å². The minimum absolute atomic E-state index is 0.406. The van der Waals surface area contributed by atoms with Crippen molar-refractivity contribution in [1.82, 2.24) is 19.1 Å². The van der Waals surface area contributed by atoms with Gasteiger partial charge in [0.1, 0.15) is 0 Å². The predicted octanol–water partition coefficient (Wildman–Crippen LogP) is 2.98. The molecule has 0 bridgehead atoms. The lowest BCUT2D eigenvalue weighted by molar-refractivity contribution is 0.715. The Bertz CT molecular complexity index is 1040. The van der Waals surface area contributed by atoms with Crippen LogP contribution >= 0.6 is 27.7 Å². The van der Waals surface area contributed by atoms with Crippen molar-refractivity contribution in [3.05, 3.63) is 55.1 Å². The molecule has 3 rings (SSSR count). The number of aryl methyl sites for hydroxylation is 1. The van der Waals surface area contributed by atoms with Crippen molar-refractivity contribution in [2.75, 3.05) is 5.75 Å². The van der Waals surface area contributed by atoms with Gasteiger partial charge < -0.3 is 4.57 Å². The second-order valence-corrected chi connectivity index (χ2v) is 8.21. The topological polar surface area (TPSA) is 72.7 Å². The van der Waals surface area contributed by atoms with E-state index in [4.69, 9.17) is 0 Å². The molecule has 0 atom stereocenters. The summed E-state index contributed by atoms with van der Waals surface area (Å²) in [5.41, 5.74) is 1.03. The van der Waals surface area contributed by atoms with Crippen LogP contribution in [-0.4, -0.2) is 24.9 Å². The zero-order valence-electron chi connectivity index (χ0n) is 14.2. The quantitative estimate of drug-likeness (QED) is 0.641. The van der Waals surface area contributed by atoms with Gasteiger partial charge in [0, 0.05) is 17.3 Å². The van der Waals surface area contributed by atoms with Crippen LogP contribution in [0, 0.1) is 5.92 Å². The number of nitrogens with one attached hydrogen (secondary N) is 1. The van der Waals surface area contributed by atoms with Crippen LogP contribution in [0.3, 0.4) is 0 Å². The van der Waals surface area contributed by atoms with Crippen LogP contribution < -0.4 is 11.2 Å². The van der Waals surface area contributed by atoms with Crippen LogP contribution in [0.5, 0.6) is 0 Å². The van der Waals surface area contributed by atoms with Crippen molar-refractivity contribution in [3.8, 4) is 0 Å². The fourth-order valence-electron chi connectivity index (χ4n) is 2.53. The number of rotatable bonds is 5. The van der Waals surface area contributed by atoms with Gasteiger partial charge in [0.05, 0.1) is 6.54 Å². The highest BCUT2D eigenvalue weighted by atomic mass is 79.9. The molecular formula is C17H19BrN4O2S. The maximum absolute atomic E-state index is 12.4. The van der Waals surface area contributed by atoms with E-state index >= 15 is 0 Å². The van der Waals surface area contributed by atoms with E-state index in [-0.39, 0.29) is 0 Å². The number of H-pyrrole nitrogens is 1. The van der Waals surface area contributed by atoms with Crippen molar-refractivity contribution < 1.29 is 0 Å². The molecule has 0 unspecified atom stereocenters. The molecule has 0 saturated heterocycles. The van der Waals surface area contributed by atoms with E-state index in [1.54, 1.807) is 18.8 Å². The third-order valence-corrected chi connectivity index (χ3v) is 5.64. The van der Waals surface area contributed by atoms with Crippen molar-refractivity contribution in [3.63, 3.8) is 0 Å². The van der Waals surface area contributed by atoms with Gasteiger partial charge in [-0.05, 0) is 23.6 Å². The number of benzene rings is 1. The number of halogens is 1. The number of nitrogens with zero attached hydrogens (tertiary/aromatic N) is 3. The van der Waals surface area contributed by atoms with Crippen LogP contribution in [0.4, 0.5) is 0 Å². The zero-order chi connectivity index (χ0) is 18.1. The van der Waals surface area contributed by atoms with Crippen LogP contribution in [0.15, 0.2) is 43.5 Å². The van der Waals surface area contributed by atoms with Gasteiger partial charge in [0.2, 0.25) is 0 Å². The Morgan fingerprint density at radius 3 is 2.76 bits per heavy atom. The molecule has 0 spiro atoms. The SMILES string of the molecule is CC(C)CSc1nc2c(c(=O)[nH]c(=O)n2C)n1Cc1cccc(Br)c1. The van der Waals surface area contributed by atoms with Crippen molar-refractivity contribution in [1.29, 1.82) is 0 Å². The molecule has 0 aliphatic carbocycles. The molecule has 1 aromatic carbocycles. The Kier molecular flexibility index (Phi) is 5.19. The van der Waals surface area contributed by atoms with E-state index in [0.717, 1.165) is 20.9 Å². The smallest absolute Gasteiger partial charge is 0.309 e. The number of imidazole rings is 1. The first-order chi connectivity index (χ1) is 11.9. The summed E-state index contributed by atoms with van der Waals surface area (Å²) < 4.78 is 4.25. The van der Waals surface area contributed by atoms with Gasteiger partial charge in [0.15, 0.2) is 16.3 Å². The maximum atomic E-state index is 12.4. The maximum Gasteiger partial charge on any atom is 0.329 e. The molecule has 0 aliphatic heterocycles. The lowest BCUT2D eigenvalue weighted by Crippen LogP contribution is -2.29. The number of hydrogen-bond donors (Lipinski definition) is 1. The van der Waals surface area contributed by atoms with E-state index in [9.17, 15) is 9.59 Å². The number of hydrogen-bond acceptors (Lipinski definition) is 4. The highest BCUT2D eigenvalue weighted by Gasteiger charge is 2.18. The summed E-state index contributed by atoms with van der Waals surface area (Å²) in [6.07, 6.45) is 0. The van der Waals surface area contributed by atoms with E-state index in [1.165, 1.54) is 4.57 Å². The molecule has 0 radical (unpaired) electrons. The first-order valence-electron chi connectivity index (χ1n) is 7.93.